The van der Waals surface area contributed by atoms with Gasteiger partial charge in [-0.2, -0.15) is 0 Å². The van der Waals surface area contributed by atoms with Crippen molar-refractivity contribution in [2.75, 3.05) is 26.9 Å². The van der Waals surface area contributed by atoms with Gasteiger partial charge in [0.15, 0.2) is 0 Å². The molecule has 2 amide bonds. The molecule has 0 spiro atoms. The predicted molar refractivity (Wildman–Crippen MR) is 74.0 cm³/mol. The molecule has 5 nitrogen and oxygen atoms in total. The number of rotatable bonds is 8. The zero-order valence-electron chi connectivity index (χ0n) is 11.5. The maximum absolute atomic E-state index is 11.6. The Morgan fingerprint density at radius 2 is 2.00 bits per heavy atom. The molecule has 0 aliphatic rings. The van der Waals surface area contributed by atoms with Crippen LogP contribution in [0.5, 0.6) is 0 Å². The van der Waals surface area contributed by atoms with Gasteiger partial charge in [-0.05, 0) is 12.5 Å². The van der Waals surface area contributed by atoms with E-state index in [9.17, 15) is 4.79 Å². The summed E-state index contributed by atoms with van der Waals surface area (Å²) >= 11 is 0. The highest BCUT2D eigenvalue weighted by atomic mass is 16.5. The van der Waals surface area contributed by atoms with Crippen LogP contribution in [0.1, 0.15) is 12.5 Å². The third-order valence-corrected chi connectivity index (χ3v) is 2.63. The molecule has 0 aliphatic carbocycles. The van der Waals surface area contributed by atoms with Gasteiger partial charge in [-0.25, -0.2) is 4.79 Å². The standard InChI is InChI=1S/C14H22N2O3/c1-3-19-11-13(18-2)10-16-14(17)15-9-12-7-5-4-6-8-12/h4-8,13H,3,9-11H2,1-2H3,(H2,15,16,17). The number of hydrogen-bond donors (Lipinski definition) is 2. The zero-order chi connectivity index (χ0) is 13.9. The van der Waals surface area contributed by atoms with Gasteiger partial charge in [0.1, 0.15) is 0 Å². The van der Waals surface area contributed by atoms with Crippen LogP contribution >= 0.6 is 0 Å². The van der Waals surface area contributed by atoms with Crippen LogP contribution < -0.4 is 10.6 Å². The van der Waals surface area contributed by atoms with Gasteiger partial charge in [0.05, 0.1) is 12.7 Å². The van der Waals surface area contributed by atoms with Gasteiger partial charge < -0.3 is 20.1 Å². The number of ether oxygens (including phenoxy) is 2. The Kier molecular flexibility index (Phi) is 7.62. The number of nitrogens with one attached hydrogen (secondary N) is 2. The average Bonchev–Trinajstić information content (AvgIpc) is 2.46. The summed E-state index contributed by atoms with van der Waals surface area (Å²) in [5.41, 5.74) is 1.07. The summed E-state index contributed by atoms with van der Waals surface area (Å²) in [5.74, 6) is 0. The summed E-state index contributed by atoms with van der Waals surface area (Å²) in [6, 6.07) is 9.55. The fraction of sp³-hybridized carbons (Fsp3) is 0.500. The van der Waals surface area contributed by atoms with E-state index in [-0.39, 0.29) is 12.1 Å². The Morgan fingerprint density at radius 1 is 1.26 bits per heavy atom. The van der Waals surface area contributed by atoms with E-state index in [1.54, 1.807) is 7.11 Å². The molecule has 1 unspecified atom stereocenters. The van der Waals surface area contributed by atoms with Crippen LogP contribution in [-0.4, -0.2) is 39.0 Å². The molecule has 0 saturated carbocycles. The quantitative estimate of drug-likeness (QED) is 0.750. The number of methoxy groups -OCH3 is 1. The highest BCUT2D eigenvalue weighted by Crippen LogP contribution is 1.97. The maximum atomic E-state index is 11.6. The van der Waals surface area contributed by atoms with Crippen LogP contribution in [0.25, 0.3) is 0 Å². The van der Waals surface area contributed by atoms with E-state index >= 15 is 0 Å². The van der Waals surface area contributed by atoms with Crippen molar-refractivity contribution >= 4 is 6.03 Å². The first-order valence-corrected chi connectivity index (χ1v) is 6.42. The van der Waals surface area contributed by atoms with Crippen molar-refractivity contribution in [3.05, 3.63) is 35.9 Å². The number of carbonyl (C=O) groups excluding carboxylic acids is 1. The summed E-state index contributed by atoms with van der Waals surface area (Å²) in [6.45, 7) is 3.98. The summed E-state index contributed by atoms with van der Waals surface area (Å²) in [6.07, 6.45) is -0.123. The molecule has 1 atom stereocenters. The Labute approximate surface area is 114 Å². The van der Waals surface area contributed by atoms with E-state index in [1.165, 1.54) is 0 Å². The Bertz CT molecular complexity index is 357. The Hall–Kier alpha value is -1.59. The van der Waals surface area contributed by atoms with Crippen LogP contribution in [0.3, 0.4) is 0 Å². The second kappa shape index (κ2) is 9.35. The van der Waals surface area contributed by atoms with E-state index in [0.717, 1.165) is 5.56 Å². The number of hydrogen-bond acceptors (Lipinski definition) is 3. The molecular weight excluding hydrogens is 244 g/mol. The molecule has 2 N–H and O–H groups in total. The molecule has 0 saturated heterocycles. The molecule has 0 bridgehead atoms. The molecular formula is C14H22N2O3. The molecule has 1 aromatic rings. The number of benzene rings is 1. The van der Waals surface area contributed by atoms with Crippen LogP contribution in [0.2, 0.25) is 0 Å². The van der Waals surface area contributed by atoms with Gasteiger partial charge in [-0.3, -0.25) is 0 Å². The predicted octanol–water partition coefficient (Wildman–Crippen LogP) is 1.54. The first kappa shape index (κ1) is 15.5. The molecule has 1 aromatic carbocycles. The zero-order valence-corrected chi connectivity index (χ0v) is 11.5. The molecule has 0 fully saturated rings. The molecule has 106 valence electrons. The van der Waals surface area contributed by atoms with Crippen molar-refractivity contribution in [2.45, 2.75) is 19.6 Å². The van der Waals surface area contributed by atoms with Crippen molar-refractivity contribution in [3.63, 3.8) is 0 Å². The van der Waals surface area contributed by atoms with E-state index in [1.807, 2.05) is 37.3 Å². The number of carbonyl (C=O) groups is 1. The van der Waals surface area contributed by atoms with Crippen molar-refractivity contribution in [3.8, 4) is 0 Å². The number of amides is 2. The van der Waals surface area contributed by atoms with Crippen LogP contribution in [0.15, 0.2) is 30.3 Å². The maximum Gasteiger partial charge on any atom is 0.315 e. The normalized spacial score (nSPS) is 11.9. The summed E-state index contributed by atoms with van der Waals surface area (Å²) in [7, 11) is 1.60. The SMILES string of the molecule is CCOCC(CNC(=O)NCc1ccccc1)OC. The minimum atomic E-state index is -0.206. The van der Waals surface area contributed by atoms with Crippen molar-refractivity contribution in [1.29, 1.82) is 0 Å². The van der Waals surface area contributed by atoms with E-state index < -0.39 is 0 Å². The van der Waals surface area contributed by atoms with Crippen molar-refractivity contribution in [1.82, 2.24) is 10.6 Å². The van der Waals surface area contributed by atoms with Crippen LogP contribution in [-0.2, 0) is 16.0 Å². The smallest absolute Gasteiger partial charge is 0.315 e. The average molecular weight is 266 g/mol. The van der Waals surface area contributed by atoms with E-state index in [4.69, 9.17) is 9.47 Å². The van der Waals surface area contributed by atoms with Crippen molar-refractivity contribution in [2.24, 2.45) is 0 Å². The first-order valence-electron chi connectivity index (χ1n) is 6.42. The Morgan fingerprint density at radius 3 is 2.63 bits per heavy atom. The molecule has 0 heterocycles. The Balaban J connectivity index is 2.20. The lowest BCUT2D eigenvalue weighted by Crippen LogP contribution is -2.41. The summed E-state index contributed by atoms with van der Waals surface area (Å²) in [5, 5.41) is 5.55. The molecule has 5 heteroatoms. The molecule has 19 heavy (non-hydrogen) atoms. The van der Waals surface area contributed by atoms with Gasteiger partial charge in [-0.1, -0.05) is 30.3 Å². The fourth-order valence-electron chi connectivity index (χ4n) is 1.51. The van der Waals surface area contributed by atoms with Gasteiger partial charge in [-0.15, -0.1) is 0 Å². The fourth-order valence-corrected chi connectivity index (χ4v) is 1.51. The van der Waals surface area contributed by atoms with Gasteiger partial charge in [0.25, 0.3) is 0 Å². The molecule has 0 radical (unpaired) electrons. The second-order valence-electron chi connectivity index (χ2n) is 4.07. The van der Waals surface area contributed by atoms with Crippen LogP contribution in [0.4, 0.5) is 4.79 Å². The lowest BCUT2D eigenvalue weighted by atomic mass is 10.2. The topological polar surface area (TPSA) is 59.6 Å². The first-order chi connectivity index (χ1) is 9.26. The third kappa shape index (κ3) is 6.79. The van der Waals surface area contributed by atoms with E-state index in [0.29, 0.717) is 26.3 Å². The summed E-state index contributed by atoms with van der Waals surface area (Å²) < 4.78 is 10.4. The second-order valence-corrected chi connectivity index (χ2v) is 4.07. The minimum Gasteiger partial charge on any atom is -0.379 e. The molecule has 1 rings (SSSR count). The van der Waals surface area contributed by atoms with E-state index in [2.05, 4.69) is 10.6 Å². The third-order valence-electron chi connectivity index (χ3n) is 2.63. The monoisotopic (exact) mass is 266 g/mol. The highest BCUT2D eigenvalue weighted by molar-refractivity contribution is 5.73. The van der Waals surface area contributed by atoms with Gasteiger partial charge in [0.2, 0.25) is 0 Å². The van der Waals surface area contributed by atoms with Crippen molar-refractivity contribution < 1.29 is 14.3 Å². The highest BCUT2D eigenvalue weighted by Gasteiger charge is 2.09. The largest absolute Gasteiger partial charge is 0.379 e. The molecule has 0 aliphatic heterocycles. The van der Waals surface area contributed by atoms with Gasteiger partial charge >= 0.3 is 6.03 Å². The summed E-state index contributed by atoms with van der Waals surface area (Å²) in [4.78, 5) is 11.6. The number of urea groups is 1. The van der Waals surface area contributed by atoms with Gasteiger partial charge in [0, 0.05) is 26.8 Å². The van der Waals surface area contributed by atoms with Crippen LogP contribution in [0, 0.1) is 0 Å². The lowest BCUT2D eigenvalue weighted by molar-refractivity contribution is 0.0147. The minimum absolute atomic E-state index is 0.123. The molecule has 0 aromatic heterocycles. The lowest BCUT2D eigenvalue weighted by Gasteiger charge is -2.16.